The molecule has 1 saturated heterocycles. The van der Waals surface area contributed by atoms with Crippen LogP contribution in [0.5, 0.6) is 0 Å². The maximum Gasteiger partial charge on any atom is 0.229 e. The zero-order valence-electron chi connectivity index (χ0n) is 14.9. The highest BCUT2D eigenvalue weighted by atomic mass is 32.1. The molecular weight excluding hydrogens is 358 g/mol. The van der Waals surface area contributed by atoms with Gasteiger partial charge in [-0.05, 0) is 29.2 Å². The summed E-state index contributed by atoms with van der Waals surface area (Å²) in [5, 5.41) is 7.62. The molecule has 3 aromatic rings. The number of carbonyl (C=O) groups excluding carboxylic acids is 2. The Hall–Kier alpha value is -2.73. The van der Waals surface area contributed by atoms with Gasteiger partial charge < -0.3 is 10.2 Å². The van der Waals surface area contributed by atoms with Crippen molar-refractivity contribution in [2.45, 2.75) is 19.3 Å². The molecule has 0 aliphatic carbocycles. The van der Waals surface area contributed by atoms with Crippen molar-refractivity contribution in [2.75, 3.05) is 18.4 Å². The number of piperidine rings is 1. The Labute approximate surface area is 162 Å². The van der Waals surface area contributed by atoms with Crippen LogP contribution in [-0.4, -0.2) is 34.8 Å². The third-order valence-electron chi connectivity index (χ3n) is 5.10. The van der Waals surface area contributed by atoms with Crippen LogP contribution in [0.2, 0.25) is 0 Å². The molecule has 0 radical (unpaired) electrons. The largest absolute Gasteiger partial charge is 0.342 e. The molecule has 1 fully saturated rings. The summed E-state index contributed by atoms with van der Waals surface area (Å²) < 4.78 is 0. The molecule has 0 bridgehead atoms. The van der Waals surface area contributed by atoms with Crippen LogP contribution in [0.15, 0.2) is 54.0 Å². The lowest BCUT2D eigenvalue weighted by molar-refractivity contribution is -0.133. The van der Waals surface area contributed by atoms with Gasteiger partial charge in [-0.3, -0.25) is 9.59 Å². The fourth-order valence-electron chi connectivity index (χ4n) is 3.61. The van der Waals surface area contributed by atoms with Gasteiger partial charge in [0.15, 0.2) is 5.13 Å². The van der Waals surface area contributed by atoms with Crippen LogP contribution in [0.1, 0.15) is 18.4 Å². The molecular formula is C21H21N3O2S. The van der Waals surface area contributed by atoms with Crippen LogP contribution >= 0.6 is 11.3 Å². The molecule has 2 heterocycles. The predicted molar refractivity (Wildman–Crippen MR) is 108 cm³/mol. The second kappa shape index (κ2) is 7.88. The Morgan fingerprint density at radius 1 is 1.11 bits per heavy atom. The molecule has 0 spiro atoms. The highest BCUT2D eigenvalue weighted by molar-refractivity contribution is 7.13. The van der Waals surface area contributed by atoms with Gasteiger partial charge in [0.2, 0.25) is 11.8 Å². The van der Waals surface area contributed by atoms with E-state index in [4.69, 9.17) is 0 Å². The Balaban J connectivity index is 1.35. The fraction of sp³-hybridized carbons (Fsp3) is 0.286. The van der Waals surface area contributed by atoms with Crippen molar-refractivity contribution in [2.24, 2.45) is 5.92 Å². The lowest BCUT2D eigenvalue weighted by atomic mass is 9.95. The predicted octanol–water partition coefficient (Wildman–Crippen LogP) is 3.72. The van der Waals surface area contributed by atoms with E-state index >= 15 is 0 Å². The molecule has 0 saturated carbocycles. The number of thiazole rings is 1. The summed E-state index contributed by atoms with van der Waals surface area (Å²) in [4.78, 5) is 31.1. The van der Waals surface area contributed by atoms with E-state index in [9.17, 15) is 9.59 Å². The standard InChI is InChI=1S/C21H21N3O2S/c25-19(14-17-6-3-5-15-4-1-2-7-18(15)17)24-11-8-16(9-12-24)20(26)23-21-22-10-13-27-21/h1-7,10,13,16H,8-9,11-12,14H2,(H,22,23,26). The number of aromatic nitrogens is 1. The first-order valence-corrected chi connectivity index (χ1v) is 10.0. The monoisotopic (exact) mass is 379 g/mol. The van der Waals surface area contributed by atoms with Crippen molar-refractivity contribution in [1.29, 1.82) is 0 Å². The average molecular weight is 379 g/mol. The zero-order valence-corrected chi connectivity index (χ0v) is 15.7. The van der Waals surface area contributed by atoms with Gasteiger partial charge in [-0.2, -0.15) is 0 Å². The SMILES string of the molecule is O=C(Nc1nccs1)C1CCN(C(=O)Cc2cccc3ccccc23)CC1. The molecule has 0 atom stereocenters. The van der Waals surface area contributed by atoms with Gasteiger partial charge in [0.25, 0.3) is 0 Å². The molecule has 0 unspecified atom stereocenters. The maximum atomic E-state index is 12.8. The van der Waals surface area contributed by atoms with Gasteiger partial charge in [-0.15, -0.1) is 11.3 Å². The van der Waals surface area contributed by atoms with Gasteiger partial charge in [0.05, 0.1) is 6.42 Å². The van der Waals surface area contributed by atoms with Crippen molar-refractivity contribution < 1.29 is 9.59 Å². The maximum absolute atomic E-state index is 12.8. The zero-order chi connectivity index (χ0) is 18.6. The van der Waals surface area contributed by atoms with Crippen molar-refractivity contribution in [3.63, 3.8) is 0 Å². The van der Waals surface area contributed by atoms with E-state index in [-0.39, 0.29) is 17.7 Å². The third kappa shape index (κ3) is 4.01. The van der Waals surface area contributed by atoms with Crippen LogP contribution < -0.4 is 5.32 Å². The summed E-state index contributed by atoms with van der Waals surface area (Å²) in [6, 6.07) is 14.2. The van der Waals surface area contributed by atoms with E-state index in [1.807, 2.05) is 34.5 Å². The molecule has 1 N–H and O–H groups in total. The lowest BCUT2D eigenvalue weighted by Crippen LogP contribution is -2.42. The summed E-state index contributed by atoms with van der Waals surface area (Å²) in [6.45, 7) is 1.25. The minimum absolute atomic E-state index is 0.00565. The van der Waals surface area contributed by atoms with Crippen molar-refractivity contribution in [3.8, 4) is 0 Å². The number of anilines is 1. The highest BCUT2D eigenvalue weighted by Crippen LogP contribution is 2.23. The molecule has 1 aliphatic rings. The molecule has 2 amide bonds. The van der Waals surface area contributed by atoms with Gasteiger partial charge >= 0.3 is 0 Å². The number of amides is 2. The Morgan fingerprint density at radius 2 is 1.89 bits per heavy atom. The van der Waals surface area contributed by atoms with E-state index in [1.165, 1.54) is 11.3 Å². The summed E-state index contributed by atoms with van der Waals surface area (Å²) in [5.41, 5.74) is 1.06. The number of hydrogen-bond donors (Lipinski definition) is 1. The first kappa shape index (κ1) is 17.7. The van der Waals surface area contributed by atoms with Crippen LogP contribution in [0, 0.1) is 5.92 Å². The van der Waals surface area contributed by atoms with Gasteiger partial charge in [-0.1, -0.05) is 42.5 Å². The number of fused-ring (bicyclic) bond motifs is 1. The van der Waals surface area contributed by atoms with Crippen molar-refractivity contribution in [1.82, 2.24) is 9.88 Å². The number of hydrogen-bond acceptors (Lipinski definition) is 4. The summed E-state index contributed by atoms with van der Waals surface area (Å²) in [7, 11) is 0. The van der Waals surface area contributed by atoms with Gasteiger partial charge in [-0.25, -0.2) is 4.98 Å². The molecule has 4 rings (SSSR count). The number of benzene rings is 2. The molecule has 5 nitrogen and oxygen atoms in total. The number of carbonyl (C=O) groups is 2. The molecule has 138 valence electrons. The average Bonchev–Trinajstić information content (AvgIpc) is 3.21. The minimum Gasteiger partial charge on any atom is -0.342 e. The normalized spacial score (nSPS) is 15.0. The quantitative estimate of drug-likeness (QED) is 0.752. The van der Waals surface area contributed by atoms with Crippen molar-refractivity contribution in [3.05, 3.63) is 59.6 Å². The molecule has 6 heteroatoms. The number of nitrogens with one attached hydrogen (secondary N) is 1. The highest BCUT2D eigenvalue weighted by Gasteiger charge is 2.27. The van der Waals surface area contributed by atoms with Crippen molar-refractivity contribution >= 4 is 39.1 Å². The molecule has 27 heavy (non-hydrogen) atoms. The minimum atomic E-state index is -0.0597. The number of likely N-dealkylation sites (tertiary alicyclic amines) is 1. The third-order valence-corrected chi connectivity index (χ3v) is 5.79. The fourth-order valence-corrected chi connectivity index (χ4v) is 4.14. The second-order valence-corrected chi connectivity index (χ2v) is 7.69. The van der Waals surface area contributed by atoms with E-state index in [0.29, 0.717) is 37.5 Å². The van der Waals surface area contributed by atoms with Gasteiger partial charge in [0, 0.05) is 30.6 Å². The molecule has 1 aromatic heterocycles. The Kier molecular flexibility index (Phi) is 5.16. The number of rotatable bonds is 4. The van der Waals surface area contributed by atoms with Crippen LogP contribution in [0.4, 0.5) is 5.13 Å². The van der Waals surface area contributed by atoms with E-state index in [0.717, 1.165) is 16.3 Å². The topological polar surface area (TPSA) is 62.3 Å². The summed E-state index contributed by atoms with van der Waals surface area (Å²) in [6.07, 6.45) is 3.46. The molecule has 2 aromatic carbocycles. The van der Waals surface area contributed by atoms with Crippen LogP contribution in [0.3, 0.4) is 0 Å². The first-order valence-electron chi connectivity index (χ1n) is 9.15. The number of nitrogens with zero attached hydrogens (tertiary/aromatic N) is 2. The van der Waals surface area contributed by atoms with E-state index in [2.05, 4.69) is 28.5 Å². The van der Waals surface area contributed by atoms with E-state index < -0.39 is 0 Å². The first-order chi connectivity index (χ1) is 13.2. The summed E-state index contributed by atoms with van der Waals surface area (Å²) >= 11 is 1.42. The Bertz CT molecular complexity index is 942. The summed E-state index contributed by atoms with van der Waals surface area (Å²) in [5.74, 6) is 0.0757. The lowest BCUT2D eigenvalue weighted by Gasteiger charge is -2.31. The van der Waals surface area contributed by atoms with Crippen LogP contribution in [-0.2, 0) is 16.0 Å². The molecule has 1 aliphatic heterocycles. The van der Waals surface area contributed by atoms with Gasteiger partial charge in [0.1, 0.15) is 0 Å². The Morgan fingerprint density at radius 3 is 2.67 bits per heavy atom. The van der Waals surface area contributed by atoms with E-state index in [1.54, 1.807) is 6.20 Å². The smallest absolute Gasteiger partial charge is 0.229 e. The second-order valence-electron chi connectivity index (χ2n) is 6.80. The van der Waals surface area contributed by atoms with Crippen LogP contribution in [0.25, 0.3) is 10.8 Å².